The van der Waals surface area contributed by atoms with Gasteiger partial charge in [0.15, 0.2) is 0 Å². The first-order chi connectivity index (χ1) is 7.76. The highest BCUT2D eigenvalue weighted by atomic mass is 16.2. The summed E-state index contributed by atoms with van der Waals surface area (Å²) in [5, 5.41) is 2.87. The van der Waals surface area contributed by atoms with Crippen molar-refractivity contribution in [2.24, 2.45) is 5.41 Å². The summed E-state index contributed by atoms with van der Waals surface area (Å²) in [6, 6.07) is 0.0855. The average Bonchev–Trinajstić information content (AvgIpc) is 2.71. The second-order valence-electron chi connectivity index (χ2n) is 5.21. The molecule has 3 heteroatoms. The van der Waals surface area contributed by atoms with Gasteiger partial charge < -0.3 is 10.2 Å². The smallest absolute Gasteiger partial charge is 0.317 e. The first-order valence-corrected chi connectivity index (χ1v) is 6.39. The van der Waals surface area contributed by atoms with Gasteiger partial charge in [-0.2, -0.15) is 0 Å². The third kappa shape index (κ3) is 2.39. The second-order valence-corrected chi connectivity index (χ2v) is 5.21. The minimum absolute atomic E-state index is 0.0855. The molecular formula is C13H22N2O. The summed E-state index contributed by atoms with van der Waals surface area (Å²) in [7, 11) is 0. The normalized spacial score (nSPS) is 23.4. The first-order valence-electron chi connectivity index (χ1n) is 6.39. The molecule has 1 aliphatic carbocycles. The van der Waals surface area contributed by atoms with Gasteiger partial charge in [-0.1, -0.05) is 25.3 Å². The molecule has 1 aliphatic heterocycles. The Hall–Kier alpha value is -0.990. The van der Waals surface area contributed by atoms with E-state index in [1.165, 1.54) is 38.5 Å². The lowest BCUT2D eigenvalue weighted by atomic mass is 9.73. The van der Waals surface area contributed by atoms with Crippen LogP contribution in [0.1, 0.15) is 38.5 Å². The van der Waals surface area contributed by atoms with E-state index >= 15 is 0 Å². The van der Waals surface area contributed by atoms with Gasteiger partial charge in [0.1, 0.15) is 0 Å². The standard InChI is InChI=1S/C13H22N2O/c1-2-9-14-12(16)15-10-8-13(11-15)6-4-3-5-7-13/h2H,1,3-11H2,(H,14,16). The maximum atomic E-state index is 11.8. The van der Waals surface area contributed by atoms with Crippen LogP contribution >= 0.6 is 0 Å². The summed E-state index contributed by atoms with van der Waals surface area (Å²) in [4.78, 5) is 13.8. The number of carbonyl (C=O) groups excluding carboxylic acids is 1. The lowest BCUT2D eigenvalue weighted by Crippen LogP contribution is -2.40. The van der Waals surface area contributed by atoms with Crippen molar-refractivity contribution >= 4 is 6.03 Å². The van der Waals surface area contributed by atoms with Gasteiger partial charge in [-0.25, -0.2) is 4.79 Å². The summed E-state index contributed by atoms with van der Waals surface area (Å²) < 4.78 is 0. The third-order valence-corrected chi connectivity index (χ3v) is 4.04. The molecule has 0 aromatic heterocycles. The van der Waals surface area contributed by atoms with Crippen LogP contribution in [0.25, 0.3) is 0 Å². The Balaban J connectivity index is 1.86. The van der Waals surface area contributed by atoms with Crippen LogP contribution in [0, 0.1) is 5.41 Å². The van der Waals surface area contributed by atoms with E-state index in [1.807, 2.05) is 4.90 Å². The van der Waals surface area contributed by atoms with E-state index in [0.717, 1.165) is 13.1 Å². The Kier molecular flexibility index (Phi) is 3.52. The fraction of sp³-hybridized carbons (Fsp3) is 0.769. The second kappa shape index (κ2) is 4.89. The van der Waals surface area contributed by atoms with Gasteiger partial charge in [0.25, 0.3) is 0 Å². The van der Waals surface area contributed by atoms with Gasteiger partial charge in [-0.05, 0) is 24.7 Å². The Morgan fingerprint density at radius 1 is 1.31 bits per heavy atom. The molecule has 1 saturated heterocycles. The number of amides is 2. The van der Waals surface area contributed by atoms with Gasteiger partial charge in [0.2, 0.25) is 0 Å². The zero-order chi connectivity index (χ0) is 11.4. The zero-order valence-electron chi connectivity index (χ0n) is 10.0. The molecule has 2 fully saturated rings. The molecule has 90 valence electrons. The highest BCUT2D eigenvalue weighted by Crippen LogP contribution is 2.43. The molecule has 0 bridgehead atoms. The number of hydrogen-bond donors (Lipinski definition) is 1. The molecule has 3 nitrogen and oxygen atoms in total. The number of likely N-dealkylation sites (tertiary alicyclic amines) is 1. The summed E-state index contributed by atoms with van der Waals surface area (Å²) in [6.45, 7) is 6.08. The van der Waals surface area contributed by atoms with Crippen molar-refractivity contribution in [2.75, 3.05) is 19.6 Å². The van der Waals surface area contributed by atoms with Crippen molar-refractivity contribution < 1.29 is 4.79 Å². The highest BCUT2D eigenvalue weighted by molar-refractivity contribution is 5.74. The molecule has 1 N–H and O–H groups in total. The summed E-state index contributed by atoms with van der Waals surface area (Å²) in [6.07, 6.45) is 9.64. The summed E-state index contributed by atoms with van der Waals surface area (Å²) >= 11 is 0. The van der Waals surface area contributed by atoms with E-state index in [2.05, 4.69) is 11.9 Å². The molecule has 0 unspecified atom stereocenters. The van der Waals surface area contributed by atoms with Gasteiger partial charge in [-0.3, -0.25) is 0 Å². The van der Waals surface area contributed by atoms with Crippen molar-refractivity contribution in [3.05, 3.63) is 12.7 Å². The molecule has 2 aliphatic rings. The van der Waals surface area contributed by atoms with Crippen LogP contribution in [0.15, 0.2) is 12.7 Å². The molecule has 2 amide bonds. The van der Waals surface area contributed by atoms with Crippen LogP contribution < -0.4 is 5.32 Å². The third-order valence-electron chi connectivity index (χ3n) is 4.04. The maximum Gasteiger partial charge on any atom is 0.317 e. The van der Waals surface area contributed by atoms with Crippen LogP contribution in [0.2, 0.25) is 0 Å². The summed E-state index contributed by atoms with van der Waals surface area (Å²) in [5.41, 5.74) is 0.462. The molecule has 0 atom stereocenters. The van der Waals surface area contributed by atoms with Crippen LogP contribution in [0.4, 0.5) is 4.79 Å². The minimum atomic E-state index is 0.0855. The molecule has 16 heavy (non-hydrogen) atoms. The number of hydrogen-bond acceptors (Lipinski definition) is 1. The molecular weight excluding hydrogens is 200 g/mol. The highest BCUT2D eigenvalue weighted by Gasteiger charge is 2.40. The molecule has 2 rings (SSSR count). The number of carbonyl (C=O) groups is 1. The zero-order valence-corrected chi connectivity index (χ0v) is 10.0. The van der Waals surface area contributed by atoms with E-state index in [4.69, 9.17) is 0 Å². The van der Waals surface area contributed by atoms with Crippen molar-refractivity contribution in [3.8, 4) is 0 Å². The van der Waals surface area contributed by atoms with E-state index in [0.29, 0.717) is 12.0 Å². The predicted octanol–water partition coefficient (Wildman–Crippen LogP) is 2.54. The van der Waals surface area contributed by atoms with Gasteiger partial charge in [0.05, 0.1) is 0 Å². The van der Waals surface area contributed by atoms with Crippen molar-refractivity contribution in [1.29, 1.82) is 0 Å². The number of nitrogens with one attached hydrogen (secondary N) is 1. The predicted molar refractivity (Wildman–Crippen MR) is 65.3 cm³/mol. The quantitative estimate of drug-likeness (QED) is 0.715. The monoisotopic (exact) mass is 222 g/mol. The number of nitrogens with zero attached hydrogens (tertiary/aromatic N) is 1. The van der Waals surface area contributed by atoms with Crippen molar-refractivity contribution in [2.45, 2.75) is 38.5 Å². The summed E-state index contributed by atoms with van der Waals surface area (Å²) in [5.74, 6) is 0. The van der Waals surface area contributed by atoms with Gasteiger partial charge >= 0.3 is 6.03 Å². The molecule has 1 spiro atoms. The average molecular weight is 222 g/mol. The largest absolute Gasteiger partial charge is 0.335 e. The van der Waals surface area contributed by atoms with E-state index in [-0.39, 0.29) is 6.03 Å². The van der Waals surface area contributed by atoms with Crippen LogP contribution in [0.3, 0.4) is 0 Å². The molecule has 0 aromatic carbocycles. The van der Waals surface area contributed by atoms with Crippen molar-refractivity contribution in [3.63, 3.8) is 0 Å². The number of rotatable bonds is 2. The number of urea groups is 1. The Morgan fingerprint density at radius 3 is 2.75 bits per heavy atom. The fourth-order valence-corrected chi connectivity index (χ4v) is 3.09. The first kappa shape index (κ1) is 11.5. The van der Waals surface area contributed by atoms with Crippen molar-refractivity contribution in [1.82, 2.24) is 10.2 Å². The van der Waals surface area contributed by atoms with E-state index in [1.54, 1.807) is 6.08 Å². The molecule has 0 radical (unpaired) electrons. The lowest BCUT2D eigenvalue weighted by Gasteiger charge is -2.33. The van der Waals surface area contributed by atoms with E-state index in [9.17, 15) is 4.79 Å². The van der Waals surface area contributed by atoms with Crippen LogP contribution in [0.5, 0.6) is 0 Å². The van der Waals surface area contributed by atoms with Gasteiger partial charge in [0, 0.05) is 19.6 Å². The minimum Gasteiger partial charge on any atom is -0.335 e. The molecule has 1 heterocycles. The molecule has 1 saturated carbocycles. The van der Waals surface area contributed by atoms with E-state index < -0.39 is 0 Å². The van der Waals surface area contributed by atoms with Crippen LogP contribution in [-0.2, 0) is 0 Å². The fourth-order valence-electron chi connectivity index (χ4n) is 3.09. The Labute approximate surface area is 97.9 Å². The van der Waals surface area contributed by atoms with Crippen LogP contribution in [-0.4, -0.2) is 30.6 Å². The Bertz CT molecular complexity index is 269. The SMILES string of the molecule is C=CCNC(=O)N1CCC2(CCCCC2)C1. The van der Waals surface area contributed by atoms with Gasteiger partial charge in [-0.15, -0.1) is 6.58 Å². The topological polar surface area (TPSA) is 32.3 Å². The lowest BCUT2D eigenvalue weighted by molar-refractivity contribution is 0.178. The Morgan fingerprint density at radius 2 is 2.06 bits per heavy atom. The maximum absolute atomic E-state index is 11.8. The molecule has 0 aromatic rings.